The third-order valence-electron chi connectivity index (χ3n) is 2.89. The summed E-state index contributed by atoms with van der Waals surface area (Å²) in [7, 11) is 1.65. The molecular weight excluding hydrogens is 180 g/mol. The second-order valence-electron chi connectivity index (χ2n) is 4.46. The van der Waals surface area contributed by atoms with Crippen molar-refractivity contribution in [3.63, 3.8) is 0 Å². The van der Waals surface area contributed by atoms with Crippen LogP contribution in [0.2, 0.25) is 0 Å². The minimum atomic E-state index is -0.0216. The lowest BCUT2D eigenvalue weighted by molar-refractivity contribution is -0.122. The monoisotopic (exact) mass is 200 g/mol. The largest absolute Gasteiger partial charge is 0.396 e. The minimum absolute atomic E-state index is 0.0216. The van der Waals surface area contributed by atoms with E-state index >= 15 is 0 Å². The Labute approximate surface area is 85.3 Å². The molecule has 1 rings (SSSR count). The number of likely N-dealkylation sites (tertiary alicyclic amines) is 1. The molecule has 14 heavy (non-hydrogen) atoms. The Hall–Kier alpha value is -0.610. The number of carbonyl (C=O) groups excluding carboxylic acids is 1. The summed E-state index contributed by atoms with van der Waals surface area (Å²) in [5.41, 5.74) is -0.0216. The first-order valence-electron chi connectivity index (χ1n) is 5.13. The number of rotatable bonds is 3. The molecule has 1 aliphatic heterocycles. The van der Waals surface area contributed by atoms with Crippen LogP contribution in [-0.2, 0) is 4.79 Å². The fraction of sp³-hybridized carbons (Fsp3) is 0.900. The molecule has 0 aromatic heterocycles. The topological polar surface area (TPSA) is 52.6 Å². The Balaban J connectivity index is 2.44. The SMILES string of the molecule is CNC(=O)CN1CCCC(C)(CO)C1. The molecule has 1 aliphatic rings. The molecular formula is C10H20N2O2. The first kappa shape index (κ1) is 11.5. The maximum absolute atomic E-state index is 11.2. The van der Waals surface area contributed by atoms with Gasteiger partial charge in [-0.1, -0.05) is 6.92 Å². The zero-order valence-electron chi connectivity index (χ0n) is 9.05. The molecule has 0 aromatic rings. The molecule has 1 fully saturated rings. The third-order valence-corrected chi connectivity index (χ3v) is 2.89. The van der Waals surface area contributed by atoms with Gasteiger partial charge >= 0.3 is 0 Å². The molecule has 1 unspecified atom stereocenters. The Bertz CT molecular complexity index is 208. The minimum Gasteiger partial charge on any atom is -0.396 e. The van der Waals surface area contributed by atoms with Crippen LogP contribution in [0.4, 0.5) is 0 Å². The van der Waals surface area contributed by atoms with Gasteiger partial charge < -0.3 is 10.4 Å². The van der Waals surface area contributed by atoms with Crippen LogP contribution in [-0.4, -0.2) is 49.2 Å². The van der Waals surface area contributed by atoms with Crippen molar-refractivity contribution in [2.24, 2.45) is 5.41 Å². The van der Waals surface area contributed by atoms with E-state index in [2.05, 4.69) is 17.1 Å². The molecule has 0 bridgehead atoms. The van der Waals surface area contributed by atoms with E-state index in [0.29, 0.717) is 6.54 Å². The van der Waals surface area contributed by atoms with Gasteiger partial charge in [-0.25, -0.2) is 0 Å². The zero-order valence-corrected chi connectivity index (χ0v) is 9.05. The van der Waals surface area contributed by atoms with E-state index in [1.54, 1.807) is 7.05 Å². The van der Waals surface area contributed by atoms with Crippen molar-refractivity contribution in [2.75, 3.05) is 33.3 Å². The van der Waals surface area contributed by atoms with Crippen LogP contribution in [0.3, 0.4) is 0 Å². The molecule has 0 aliphatic carbocycles. The van der Waals surface area contributed by atoms with Gasteiger partial charge in [0, 0.05) is 25.6 Å². The van der Waals surface area contributed by atoms with Crippen LogP contribution in [0, 0.1) is 5.41 Å². The number of nitrogens with zero attached hydrogens (tertiary/aromatic N) is 1. The number of amides is 1. The predicted molar refractivity (Wildman–Crippen MR) is 54.9 cm³/mol. The second kappa shape index (κ2) is 4.75. The maximum atomic E-state index is 11.2. The van der Waals surface area contributed by atoms with Crippen molar-refractivity contribution in [3.8, 4) is 0 Å². The van der Waals surface area contributed by atoms with Crippen LogP contribution in [0.1, 0.15) is 19.8 Å². The number of hydrogen-bond acceptors (Lipinski definition) is 3. The molecule has 0 saturated carbocycles. The van der Waals surface area contributed by atoms with Crippen LogP contribution in [0.15, 0.2) is 0 Å². The summed E-state index contributed by atoms with van der Waals surface area (Å²) < 4.78 is 0. The smallest absolute Gasteiger partial charge is 0.233 e. The van der Waals surface area contributed by atoms with Crippen molar-refractivity contribution < 1.29 is 9.90 Å². The molecule has 1 saturated heterocycles. The Morgan fingerprint density at radius 3 is 2.93 bits per heavy atom. The second-order valence-corrected chi connectivity index (χ2v) is 4.46. The molecule has 4 nitrogen and oxygen atoms in total. The van der Waals surface area contributed by atoms with E-state index in [0.717, 1.165) is 25.9 Å². The summed E-state index contributed by atoms with van der Waals surface area (Å²) in [5.74, 6) is 0.0483. The van der Waals surface area contributed by atoms with Crippen LogP contribution in [0.25, 0.3) is 0 Å². The highest BCUT2D eigenvalue weighted by Gasteiger charge is 2.30. The number of hydrogen-bond donors (Lipinski definition) is 2. The van der Waals surface area contributed by atoms with Gasteiger partial charge in [0.15, 0.2) is 0 Å². The van der Waals surface area contributed by atoms with Crippen molar-refractivity contribution in [2.45, 2.75) is 19.8 Å². The lowest BCUT2D eigenvalue weighted by atomic mass is 9.83. The fourth-order valence-electron chi connectivity index (χ4n) is 1.97. The van der Waals surface area contributed by atoms with Gasteiger partial charge in [0.25, 0.3) is 0 Å². The van der Waals surface area contributed by atoms with Gasteiger partial charge in [-0.05, 0) is 19.4 Å². The standard InChI is InChI=1S/C10H20N2O2/c1-10(8-13)4-3-5-12(7-10)6-9(14)11-2/h13H,3-8H2,1-2H3,(H,11,14). The first-order valence-corrected chi connectivity index (χ1v) is 5.13. The highest BCUT2D eigenvalue weighted by Crippen LogP contribution is 2.28. The molecule has 4 heteroatoms. The number of aliphatic hydroxyl groups excluding tert-OH is 1. The molecule has 0 spiro atoms. The Morgan fingerprint density at radius 2 is 2.36 bits per heavy atom. The van der Waals surface area contributed by atoms with E-state index in [4.69, 9.17) is 0 Å². The number of piperidine rings is 1. The highest BCUT2D eigenvalue weighted by atomic mass is 16.3. The fourth-order valence-corrected chi connectivity index (χ4v) is 1.97. The van der Waals surface area contributed by atoms with Crippen molar-refractivity contribution in [3.05, 3.63) is 0 Å². The number of carbonyl (C=O) groups is 1. The quantitative estimate of drug-likeness (QED) is 0.665. The maximum Gasteiger partial charge on any atom is 0.233 e. The summed E-state index contributed by atoms with van der Waals surface area (Å²) in [4.78, 5) is 13.3. The van der Waals surface area contributed by atoms with Crippen LogP contribution in [0.5, 0.6) is 0 Å². The Kier molecular flexibility index (Phi) is 3.89. The van der Waals surface area contributed by atoms with Crippen LogP contribution >= 0.6 is 0 Å². The molecule has 2 N–H and O–H groups in total. The summed E-state index contributed by atoms with van der Waals surface area (Å²) in [5, 5.41) is 11.8. The van der Waals surface area contributed by atoms with Crippen molar-refractivity contribution >= 4 is 5.91 Å². The lowest BCUT2D eigenvalue weighted by Gasteiger charge is -2.38. The third kappa shape index (κ3) is 2.96. The summed E-state index contributed by atoms with van der Waals surface area (Å²) in [6, 6.07) is 0. The molecule has 0 aromatic carbocycles. The Morgan fingerprint density at radius 1 is 1.64 bits per heavy atom. The lowest BCUT2D eigenvalue weighted by Crippen LogP contribution is -2.47. The van der Waals surface area contributed by atoms with Gasteiger partial charge in [0.05, 0.1) is 6.54 Å². The van der Waals surface area contributed by atoms with E-state index in [1.165, 1.54) is 0 Å². The number of nitrogens with one attached hydrogen (secondary N) is 1. The summed E-state index contributed by atoms with van der Waals surface area (Å²) in [6.07, 6.45) is 2.11. The van der Waals surface area contributed by atoms with Gasteiger partial charge in [-0.3, -0.25) is 9.69 Å². The van der Waals surface area contributed by atoms with E-state index in [1.807, 2.05) is 0 Å². The van der Waals surface area contributed by atoms with Crippen molar-refractivity contribution in [1.82, 2.24) is 10.2 Å². The zero-order chi connectivity index (χ0) is 10.6. The first-order chi connectivity index (χ1) is 6.59. The van der Waals surface area contributed by atoms with Gasteiger partial charge in [-0.15, -0.1) is 0 Å². The van der Waals surface area contributed by atoms with E-state index in [9.17, 15) is 9.90 Å². The number of aliphatic hydroxyl groups is 1. The van der Waals surface area contributed by atoms with Gasteiger partial charge in [0.2, 0.25) is 5.91 Å². The van der Waals surface area contributed by atoms with Gasteiger partial charge in [0.1, 0.15) is 0 Å². The molecule has 0 radical (unpaired) electrons. The van der Waals surface area contributed by atoms with Gasteiger partial charge in [-0.2, -0.15) is 0 Å². The molecule has 1 amide bonds. The van der Waals surface area contributed by atoms with E-state index in [-0.39, 0.29) is 17.9 Å². The van der Waals surface area contributed by atoms with Crippen LogP contribution < -0.4 is 5.32 Å². The summed E-state index contributed by atoms with van der Waals surface area (Å²) >= 11 is 0. The molecule has 82 valence electrons. The number of likely N-dealkylation sites (N-methyl/N-ethyl adjacent to an activating group) is 1. The normalized spacial score (nSPS) is 28.8. The summed E-state index contributed by atoms with van der Waals surface area (Å²) in [6.45, 7) is 4.51. The van der Waals surface area contributed by atoms with Crippen molar-refractivity contribution in [1.29, 1.82) is 0 Å². The molecule has 1 heterocycles. The predicted octanol–water partition coefficient (Wildman–Crippen LogP) is -0.173. The average molecular weight is 200 g/mol. The van der Waals surface area contributed by atoms with E-state index < -0.39 is 0 Å². The average Bonchev–Trinajstić information content (AvgIpc) is 2.18. The highest BCUT2D eigenvalue weighted by molar-refractivity contribution is 5.77. The molecule has 1 atom stereocenters.